The Balaban J connectivity index is 2.16. The number of hydrogen-bond donors (Lipinski definition) is 1. The Morgan fingerprint density at radius 3 is 2.76 bits per heavy atom. The monoisotopic (exact) mass is 232 g/mol. The second kappa shape index (κ2) is 3.33. The van der Waals surface area contributed by atoms with Gasteiger partial charge in [0.15, 0.2) is 0 Å². The number of fused-ring (bicyclic) bond motifs is 3. The highest BCUT2D eigenvalue weighted by Crippen LogP contribution is 2.53. The van der Waals surface area contributed by atoms with Crippen molar-refractivity contribution in [3.63, 3.8) is 0 Å². The van der Waals surface area contributed by atoms with Crippen molar-refractivity contribution in [2.45, 2.75) is 50.9 Å². The van der Waals surface area contributed by atoms with Crippen molar-refractivity contribution in [1.82, 2.24) is 0 Å². The first kappa shape index (κ1) is 11.2. The molecule has 17 heavy (non-hydrogen) atoms. The van der Waals surface area contributed by atoms with Gasteiger partial charge in [-0.3, -0.25) is 0 Å². The van der Waals surface area contributed by atoms with Crippen LogP contribution < -0.4 is 0 Å². The van der Waals surface area contributed by atoms with E-state index in [4.69, 9.17) is 4.74 Å². The number of aryl methyl sites for hydroxylation is 1. The van der Waals surface area contributed by atoms with Crippen LogP contribution in [0.15, 0.2) is 24.3 Å². The van der Waals surface area contributed by atoms with Crippen molar-refractivity contribution >= 4 is 0 Å². The third-order valence-corrected chi connectivity index (χ3v) is 4.76. The molecule has 0 radical (unpaired) electrons. The SMILES string of the molecule is CC1C(C)(C)OC2CCc3ccccc3C21O. The normalized spacial score (nSPS) is 38.6. The predicted octanol–water partition coefficient (Wildman–Crippen LogP) is 2.63. The summed E-state index contributed by atoms with van der Waals surface area (Å²) >= 11 is 0. The lowest BCUT2D eigenvalue weighted by molar-refractivity contribution is -0.0786. The maximum absolute atomic E-state index is 11.1. The quantitative estimate of drug-likeness (QED) is 0.745. The van der Waals surface area contributed by atoms with E-state index in [1.54, 1.807) is 0 Å². The Morgan fingerprint density at radius 2 is 2.00 bits per heavy atom. The van der Waals surface area contributed by atoms with Gasteiger partial charge in [-0.2, -0.15) is 0 Å². The van der Waals surface area contributed by atoms with Crippen molar-refractivity contribution in [3.05, 3.63) is 35.4 Å². The van der Waals surface area contributed by atoms with E-state index in [-0.39, 0.29) is 17.6 Å². The molecule has 1 aromatic rings. The predicted molar refractivity (Wildman–Crippen MR) is 66.8 cm³/mol. The lowest BCUT2D eigenvalue weighted by atomic mass is 9.69. The molecule has 3 unspecified atom stereocenters. The zero-order chi connectivity index (χ0) is 12.3. The summed E-state index contributed by atoms with van der Waals surface area (Å²) in [7, 11) is 0. The fourth-order valence-corrected chi connectivity index (χ4v) is 3.47. The molecule has 0 bridgehead atoms. The summed E-state index contributed by atoms with van der Waals surface area (Å²) in [6.07, 6.45) is 1.87. The maximum Gasteiger partial charge on any atom is 0.121 e. The Hall–Kier alpha value is -0.860. The van der Waals surface area contributed by atoms with Crippen LogP contribution in [0.2, 0.25) is 0 Å². The van der Waals surface area contributed by atoms with E-state index < -0.39 is 5.60 Å². The maximum atomic E-state index is 11.1. The van der Waals surface area contributed by atoms with Gasteiger partial charge < -0.3 is 9.84 Å². The Morgan fingerprint density at radius 1 is 1.29 bits per heavy atom. The van der Waals surface area contributed by atoms with Crippen LogP contribution in [0.3, 0.4) is 0 Å². The number of hydrogen-bond acceptors (Lipinski definition) is 2. The van der Waals surface area contributed by atoms with Crippen molar-refractivity contribution < 1.29 is 9.84 Å². The smallest absolute Gasteiger partial charge is 0.121 e. The van der Waals surface area contributed by atoms with E-state index in [0.29, 0.717) is 0 Å². The molecule has 2 nitrogen and oxygen atoms in total. The highest BCUT2D eigenvalue weighted by molar-refractivity contribution is 5.38. The molecule has 1 heterocycles. The summed E-state index contributed by atoms with van der Waals surface area (Å²) in [5.74, 6) is 0.112. The van der Waals surface area contributed by atoms with Crippen molar-refractivity contribution in [2.75, 3.05) is 0 Å². The first-order chi connectivity index (χ1) is 7.96. The standard InChI is InChI=1S/C15H20O2/c1-10-14(2,3)17-13-9-8-11-6-4-5-7-12(11)15(10,13)16/h4-7,10,13,16H,8-9H2,1-3H3. The molecule has 0 amide bonds. The first-order valence-corrected chi connectivity index (χ1v) is 6.45. The molecule has 2 aliphatic rings. The third-order valence-electron chi connectivity index (χ3n) is 4.76. The minimum Gasteiger partial charge on any atom is -0.382 e. The molecular weight excluding hydrogens is 212 g/mol. The topological polar surface area (TPSA) is 29.5 Å². The molecule has 92 valence electrons. The van der Waals surface area contributed by atoms with Gasteiger partial charge in [-0.15, -0.1) is 0 Å². The fourth-order valence-electron chi connectivity index (χ4n) is 3.47. The first-order valence-electron chi connectivity index (χ1n) is 6.45. The van der Waals surface area contributed by atoms with Gasteiger partial charge in [0.05, 0.1) is 11.7 Å². The van der Waals surface area contributed by atoms with E-state index in [2.05, 4.69) is 32.9 Å². The minimum atomic E-state index is -0.807. The lowest BCUT2D eigenvalue weighted by Crippen LogP contribution is -2.44. The zero-order valence-corrected chi connectivity index (χ0v) is 10.7. The van der Waals surface area contributed by atoms with E-state index in [1.807, 2.05) is 12.1 Å². The van der Waals surface area contributed by atoms with E-state index in [0.717, 1.165) is 18.4 Å². The average molecular weight is 232 g/mol. The number of aliphatic hydroxyl groups is 1. The summed E-state index contributed by atoms with van der Waals surface area (Å²) in [6, 6.07) is 8.25. The van der Waals surface area contributed by atoms with Crippen LogP contribution in [0, 0.1) is 5.92 Å². The molecule has 0 aromatic heterocycles. The van der Waals surface area contributed by atoms with Gasteiger partial charge in [0.25, 0.3) is 0 Å². The fraction of sp³-hybridized carbons (Fsp3) is 0.600. The number of rotatable bonds is 0. The van der Waals surface area contributed by atoms with Gasteiger partial charge in [-0.1, -0.05) is 31.2 Å². The lowest BCUT2D eigenvalue weighted by Gasteiger charge is -2.38. The molecule has 3 atom stereocenters. The second-order valence-electron chi connectivity index (χ2n) is 5.95. The van der Waals surface area contributed by atoms with Crippen LogP contribution in [0.1, 0.15) is 38.3 Å². The summed E-state index contributed by atoms with van der Waals surface area (Å²) in [6.45, 7) is 6.26. The molecule has 0 spiro atoms. The van der Waals surface area contributed by atoms with Gasteiger partial charge in [-0.05, 0) is 37.8 Å². The summed E-state index contributed by atoms with van der Waals surface area (Å²) in [4.78, 5) is 0. The molecular formula is C15H20O2. The highest BCUT2D eigenvalue weighted by atomic mass is 16.5. The Kier molecular flexibility index (Phi) is 2.20. The number of ether oxygens (including phenoxy) is 1. The van der Waals surface area contributed by atoms with Crippen LogP contribution in [0.5, 0.6) is 0 Å². The second-order valence-corrected chi connectivity index (χ2v) is 5.95. The Bertz CT molecular complexity index is 452. The van der Waals surface area contributed by atoms with E-state index in [9.17, 15) is 5.11 Å². The third kappa shape index (κ3) is 1.34. The summed E-state index contributed by atoms with van der Waals surface area (Å²) < 4.78 is 6.07. The van der Waals surface area contributed by atoms with Crippen LogP contribution in [-0.4, -0.2) is 16.8 Å². The molecule has 1 N–H and O–H groups in total. The average Bonchev–Trinajstić information content (AvgIpc) is 2.49. The van der Waals surface area contributed by atoms with E-state index in [1.165, 1.54) is 5.56 Å². The van der Waals surface area contributed by atoms with Gasteiger partial charge in [0.2, 0.25) is 0 Å². The van der Waals surface area contributed by atoms with Gasteiger partial charge in [0.1, 0.15) is 5.60 Å². The van der Waals surface area contributed by atoms with Crippen LogP contribution in [0.4, 0.5) is 0 Å². The molecule has 0 saturated carbocycles. The Labute approximate surface area is 103 Å². The molecule has 1 saturated heterocycles. The molecule has 2 heteroatoms. The summed E-state index contributed by atoms with van der Waals surface area (Å²) in [5.41, 5.74) is 1.29. The molecule has 1 aliphatic carbocycles. The minimum absolute atomic E-state index is 0.0533. The summed E-state index contributed by atoms with van der Waals surface area (Å²) in [5, 5.41) is 11.1. The van der Waals surface area contributed by atoms with Gasteiger partial charge >= 0.3 is 0 Å². The van der Waals surface area contributed by atoms with Gasteiger partial charge in [-0.25, -0.2) is 0 Å². The van der Waals surface area contributed by atoms with Crippen LogP contribution in [-0.2, 0) is 16.8 Å². The van der Waals surface area contributed by atoms with Crippen LogP contribution in [0.25, 0.3) is 0 Å². The van der Waals surface area contributed by atoms with Gasteiger partial charge in [0, 0.05) is 5.92 Å². The van der Waals surface area contributed by atoms with Crippen molar-refractivity contribution in [2.24, 2.45) is 5.92 Å². The largest absolute Gasteiger partial charge is 0.382 e. The molecule has 1 aromatic carbocycles. The molecule has 1 aliphatic heterocycles. The van der Waals surface area contributed by atoms with Crippen molar-refractivity contribution in [3.8, 4) is 0 Å². The van der Waals surface area contributed by atoms with E-state index >= 15 is 0 Å². The molecule has 1 fully saturated rings. The molecule has 3 rings (SSSR count). The zero-order valence-electron chi connectivity index (χ0n) is 10.7. The number of benzene rings is 1. The highest BCUT2D eigenvalue weighted by Gasteiger charge is 2.59. The van der Waals surface area contributed by atoms with Crippen molar-refractivity contribution in [1.29, 1.82) is 0 Å². The van der Waals surface area contributed by atoms with Crippen LogP contribution >= 0.6 is 0 Å².